The van der Waals surface area contributed by atoms with Crippen molar-refractivity contribution < 1.29 is 0 Å². The summed E-state index contributed by atoms with van der Waals surface area (Å²) in [6, 6.07) is 1.85. The Morgan fingerprint density at radius 2 is 2.21 bits per heavy atom. The second-order valence-electron chi connectivity index (χ2n) is 5.59. The zero-order chi connectivity index (χ0) is 13.9. The maximum absolute atomic E-state index is 5.42. The van der Waals surface area contributed by atoms with Crippen molar-refractivity contribution in [3.63, 3.8) is 0 Å². The van der Waals surface area contributed by atoms with E-state index in [1.54, 1.807) is 0 Å². The number of rotatable bonds is 3. The summed E-state index contributed by atoms with van der Waals surface area (Å²) in [6.45, 7) is 9.60. The number of aromatic nitrogens is 2. The molecule has 0 aliphatic carbocycles. The largest absolute Gasteiger partial charge is 0.308 e. The Morgan fingerprint density at radius 3 is 2.95 bits per heavy atom. The fourth-order valence-corrected chi connectivity index (χ4v) is 3.33. The normalized spacial score (nSPS) is 20.0. The molecule has 1 aliphatic heterocycles. The van der Waals surface area contributed by atoms with Crippen molar-refractivity contribution in [2.75, 3.05) is 24.3 Å². The van der Waals surface area contributed by atoms with Crippen LogP contribution in [0.1, 0.15) is 31.8 Å². The summed E-state index contributed by atoms with van der Waals surface area (Å²) in [5.41, 5.74) is 3.54. The molecule has 3 N–H and O–H groups in total. The van der Waals surface area contributed by atoms with Gasteiger partial charge in [0, 0.05) is 28.8 Å². The van der Waals surface area contributed by atoms with Gasteiger partial charge < -0.3 is 5.43 Å². The Morgan fingerprint density at radius 1 is 1.42 bits per heavy atom. The van der Waals surface area contributed by atoms with E-state index in [0.29, 0.717) is 10.6 Å². The lowest BCUT2D eigenvalue weighted by Gasteiger charge is -2.22. The first kappa shape index (κ1) is 14.6. The number of anilines is 1. The third kappa shape index (κ3) is 4.33. The average molecular weight is 281 g/mol. The first-order chi connectivity index (χ1) is 8.98. The van der Waals surface area contributed by atoms with Gasteiger partial charge in [0.05, 0.1) is 6.54 Å². The van der Waals surface area contributed by atoms with Gasteiger partial charge >= 0.3 is 0 Å². The summed E-state index contributed by atoms with van der Waals surface area (Å²) in [6.07, 6.45) is 1.20. The second kappa shape index (κ2) is 6.07. The van der Waals surface area contributed by atoms with E-state index in [9.17, 15) is 0 Å². The van der Waals surface area contributed by atoms with Gasteiger partial charge in [-0.2, -0.15) is 11.8 Å². The number of nitrogens with two attached hydrogens (primary N) is 1. The smallest absolute Gasteiger partial charge is 0.145 e. The van der Waals surface area contributed by atoms with Crippen LogP contribution in [0.5, 0.6) is 0 Å². The first-order valence-electron chi connectivity index (χ1n) is 6.66. The molecule has 1 aliphatic rings. The number of nitrogens with one attached hydrogen (secondary N) is 1. The Bertz CT molecular complexity index is 435. The molecule has 0 unspecified atom stereocenters. The van der Waals surface area contributed by atoms with Gasteiger partial charge in [0.15, 0.2) is 0 Å². The number of nitrogens with zero attached hydrogens (tertiary/aromatic N) is 3. The molecule has 1 aromatic heterocycles. The predicted molar refractivity (Wildman–Crippen MR) is 81.0 cm³/mol. The number of nitrogen functional groups attached to an aromatic ring is 1. The van der Waals surface area contributed by atoms with Crippen LogP contribution < -0.4 is 11.3 Å². The molecule has 106 valence electrons. The van der Waals surface area contributed by atoms with Gasteiger partial charge in [-0.1, -0.05) is 13.8 Å². The van der Waals surface area contributed by atoms with E-state index in [4.69, 9.17) is 5.84 Å². The molecule has 0 aromatic carbocycles. The van der Waals surface area contributed by atoms with Crippen LogP contribution in [0.3, 0.4) is 0 Å². The molecule has 0 saturated carbocycles. The van der Waals surface area contributed by atoms with Gasteiger partial charge in [0.1, 0.15) is 11.6 Å². The highest BCUT2D eigenvalue weighted by molar-refractivity contribution is 8.00. The van der Waals surface area contributed by atoms with Crippen LogP contribution in [-0.2, 0) is 6.54 Å². The van der Waals surface area contributed by atoms with E-state index in [1.165, 1.54) is 12.2 Å². The van der Waals surface area contributed by atoms with Gasteiger partial charge in [-0.25, -0.2) is 15.8 Å². The van der Waals surface area contributed by atoms with E-state index in [2.05, 4.69) is 45.9 Å². The van der Waals surface area contributed by atoms with Crippen LogP contribution in [-0.4, -0.2) is 38.5 Å². The Hall–Kier alpha value is -0.850. The van der Waals surface area contributed by atoms with Crippen molar-refractivity contribution in [2.24, 2.45) is 5.84 Å². The second-order valence-corrected chi connectivity index (χ2v) is 7.39. The highest BCUT2D eigenvalue weighted by Gasteiger charge is 2.24. The quantitative estimate of drug-likeness (QED) is 0.650. The van der Waals surface area contributed by atoms with Crippen molar-refractivity contribution in [1.82, 2.24) is 14.9 Å². The monoisotopic (exact) mass is 281 g/mol. The molecule has 0 atom stereocenters. The van der Waals surface area contributed by atoms with E-state index >= 15 is 0 Å². The van der Waals surface area contributed by atoms with Gasteiger partial charge in [-0.15, -0.1) is 0 Å². The molecule has 0 amide bonds. The van der Waals surface area contributed by atoms with E-state index < -0.39 is 0 Å². The molecule has 0 spiro atoms. The van der Waals surface area contributed by atoms with Crippen LogP contribution in [0, 0.1) is 6.92 Å². The molecule has 2 heterocycles. The summed E-state index contributed by atoms with van der Waals surface area (Å²) in [4.78, 5) is 11.3. The predicted octanol–water partition coefficient (Wildman–Crippen LogP) is 1.79. The lowest BCUT2D eigenvalue weighted by Crippen LogP contribution is -2.28. The van der Waals surface area contributed by atoms with Crippen LogP contribution in [0.4, 0.5) is 5.82 Å². The van der Waals surface area contributed by atoms with Crippen molar-refractivity contribution in [2.45, 2.75) is 38.5 Å². The molecule has 0 radical (unpaired) electrons. The maximum Gasteiger partial charge on any atom is 0.145 e. The summed E-state index contributed by atoms with van der Waals surface area (Å²) < 4.78 is 0.381. The number of aryl methyl sites for hydroxylation is 1. The minimum absolute atomic E-state index is 0.381. The summed E-state index contributed by atoms with van der Waals surface area (Å²) in [7, 11) is 0. The molecule has 5 nitrogen and oxygen atoms in total. The van der Waals surface area contributed by atoms with E-state index in [0.717, 1.165) is 31.2 Å². The SMILES string of the molecule is Cc1cc(NN)nc(CN2CCSC(C)(C)CC2)n1. The Balaban J connectivity index is 2.02. The Kier molecular flexibility index (Phi) is 4.65. The first-order valence-corrected chi connectivity index (χ1v) is 7.64. The summed E-state index contributed by atoms with van der Waals surface area (Å²) in [5.74, 6) is 8.12. The number of hydrazine groups is 1. The number of thioether (sulfide) groups is 1. The van der Waals surface area contributed by atoms with Crippen molar-refractivity contribution in [3.05, 3.63) is 17.6 Å². The van der Waals surface area contributed by atoms with Crippen molar-refractivity contribution >= 4 is 17.6 Å². The zero-order valence-corrected chi connectivity index (χ0v) is 12.8. The highest BCUT2D eigenvalue weighted by atomic mass is 32.2. The minimum atomic E-state index is 0.381. The maximum atomic E-state index is 5.42. The molecular formula is C13H23N5S. The van der Waals surface area contributed by atoms with Crippen LogP contribution in [0.15, 0.2) is 6.07 Å². The topological polar surface area (TPSA) is 67.1 Å². The van der Waals surface area contributed by atoms with Crippen LogP contribution >= 0.6 is 11.8 Å². The molecular weight excluding hydrogens is 258 g/mol. The van der Waals surface area contributed by atoms with Crippen LogP contribution in [0.25, 0.3) is 0 Å². The molecule has 6 heteroatoms. The van der Waals surface area contributed by atoms with Gasteiger partial charge in [0.25, 0.3) is 0 Å². The van der Waals surface area contributed by atoms with Crippen molar-refractivity contribution in [3.8, 4) is 0 Å². The Labute approximate surface area is 119 Å². The minimum Gasteiger partial charge on any atom is -0.308 e. The highest BCUT2D eigenvalue weighted by Crippen LogP contribution is 2.30. The molecule has 0 bridgehead atoms. The lowest BCUT2D eigenvalue weighted by atomic mass is 10.1. The summed E-state index contributed by atoms with van der Waals surface area (Å²) >= 11 is 2.05. The molecule has 2 rings (SSSR count). The number of hydrogen-bond donors (Lipinski definition) is 2. The summed E-state index contributed by atoms with van der Waals surface area (Å²) in [5, 5.41) is 0. The van der Waals surface area contributed by atoms with E-state index in [-0.39, 0.29) is 0 Å². The lowest BCUT2D eigenvalue weighted by molar-refractivity contribution is 0.269. The van der Waals surface area contributed by atoms with Gasteiger partial charge in [0.2, 0.25) is 0 Å². The van der Waals surface area contributed by atoms with Crippen molar-refractivity contribution in [1.29, 1.82) is 0 Å². The molecule has 1 fully saturated rings. The standard InChI is InChI=1S/C13H23N5S/c1-10-8-11(17-14)16-12(15-10)9-18-5-4-13(2,3)19-7-6-18/h8H,4-7,9,14H2,1-3H3,(H,15,16,17). The van der Waals surface area contributed by atoms with Gasteiger partial charge in [-0.3, -0.25) is 4.90 Å². The molecule has 1 saturated heterocycles. The van der Waals surface area contributed by atoms with E-state index in [1.807, 2.05) is 13.0 Å². The number of hydrogen-bond acceptors (Lipinski definition) is 6. The molecule has 19 heavy (non-hydrogen) atoms. The fraction of sp³-hybridized carbons (Fsp3) is 0.692. The third-order valence-corrected chi connectivity index (χ3v) is 4.72. The third-order valence-electron chi connectivity index (χ3n) is 3.34. The fourth-order valence-electron chi connectivity index (χ4n) is 2.20. The average Bonchev–Trinajstić information content (AvgIpc) is 2.50. The van der Waals surface area contributed by atoms with Gasteiger partial charge in [-0.05, 0) is 19.9 Å². The zero-order valence-electron chi connectivity index (χ0n) is 11.9. The molecule has 1 aromatic rings. The van der Waals surface area contributed by atoms with Crippen LogP contribution in [0.2, 0.25) is 0 Å².